The lowest BCUT2D eigenvalue weighted by atomic mass is 9.99. The zero-order valence-corrected chi connectivity index (χ0v) is 25.2. The van der Waals surface area contributed by atoms with Crippen LogP contribution in [-0.4, -0.2) is 43.8 Å². The van der Waals surface area contributed by atoms with E-state index in [4.69, 9.17) is 14.0 Å². The average molecular weight is 563 g/mol. The van der Waals surface area contributed by atoms with Gasteiger partial charge in [0.15, 0.2) is 0 Å². The molecule has 2 saturated carbocycles. The highest BCUT2D eigenvalue weighted by Gasteiger charge is 2.34. The van der Waals surface area contributed by atoms with Gasteiger partial charge in [-0.15, -0.1) is 0 Å². The smallest absolute Gasteiger partial charge is 0.261 e. The standard InChI is InChI=1S/C30H43O2P.CH4O3S/c1-3-22-31-27-19-13-20-28(32-23-4-2)30(27)26-18-11-12-21-29(26)33(24-14-7-5-8-15-24)25-16-9-6-10-17-25;1-5(2,3)4/h11-13,18-21,24-25H,3-10,14-17,22-23H2,1-2H3;1H3,(H,2,3,4). The lowest BCUT2D eigenvalue weighted by molar-refractivity contribution is 0.304. The van der Waals surface area contributed by atoms with Crippen molar-refractivity contribution in [3.8, 4) is 22.6 Å². The molecule has 5 nitrogen and oxygen atoms in total. The van der Waals surface area contributed by atoms with Crippen molar-refractivity contribution in [1.82, 2.24) is 0 Å². The van der Waals surface area contributed by atoms with Crippen LogP contribution in [0.4, 0.5) is 0 Å². The molecule has 0 aromatic heterocycles. The Balaban J connectivity index is 0.000000732. The first kappa shape index (κ1) is 30.9. The summed E-state index contributed by atoms with van der Waals surface area (Å²) in [5.41, 5.74) is 4.31. The average Bonchev–Trinajstić information content (AvgIpc) is 2.91. The lowest BCUT2D eigenvalue weighted by Gasteiger charge is -2.39. The Hall–Kier alpha value is -1.62. The SMILES string of the molecule is CCCOc1cccc(OCCC)c1-c1ccccc1P(C1CCCCC1)C1CCCCC1.CS(=O)(=O)O. The molecule has 1 N–H and O–H groups in total. The van der Waals surface area contributed by atoms with E-state index < -0.39 is 10.1 Å². The fraction of sp³-hybridized carbons (Fsp3) is 0.613. The Morgan fingerprint density at radius 2 is 1.21 bits per heavy atom. The van der Waals surface area contributed by atoms with Crippen molar-refractivity contribution < 1.29 is 22.4 Å². The molecule has 2 fully saturated rings. The molecular formula is C31H47O5PS. The summed E-state index contributed by atoms with van der Waals surface area (Å²) in [5, 5.41) is 1.61. The first-order valence-electron chi connectivity index (χ1n) is 14.5. The van der Waals surface area contributed by atoms with Gasteiger partial charge < -0.3 is 9.47 Å². The maximum Gasteiger partial charge on any atom is 0.261 e. The minimum absolute atomic E-state index is 0.198. The van der Waals surface area contributed by atoms with E-state index in [0.29, 0.717) is 6.26 Å². The number of hydrogen-bond acceptors (Lipinski definition) is 4. The normalized spacial score (nSPS) is 17.1. The fourth-order valence-corrected chi connectivity index (χ4v) is 9.71. The van der Waals surface area contributed by atoms with Crippen molar-refractivity contribution in [3.63, 3.8) is 0 Å². The van der Waals surface area contributed by atoms with Gasteiger partial charge in [-0.05, 0) is 72.8 Å². The lowest BCUT2D eigenvalue weighted by Crippen LogP contribution is -2.27. The molecular weight excluding hydrogens is 515 g/mol. The van der Waals surface area contributed by atoms with Crippen LogP contribution in [0, 0.1) is 0 Å². The van der Waals surface area contributed by atoms with Crippen LogP contribution in [-0.2, 0) is 10.1 Å². The summed E-state index contributed by atoms with van der Waals surface area (Å²) in [5.74, 6) is 1.97. The molecule has 2 aliphatic carbocycles. The molecule has 7 heteroatoms. The third-order valence-corrected chi connectivity index (χ3v) is 10.9. The quantitative estimate of drug-likeness (QED) is 0.233. The number of benzene rings is 2. The second-order valence-electron chi connectivity index (χ2n) is 10.6. The highest BCUT2D eigenvalue weighted by Crippen LogP contribution is 2.57. The van der Waals surface area contributed by atoms with Gasteiger partial charge in [0.2, 0.25) is 0 Å². The van der Waals surface area contributed by atoms with Crippen molar-refractivity contribution in [1.29, 1.82) is 0 Å². The first-order chi connectivity index (χ1) is 18.3. The van der Waals surface area contributed by atoms with Gasteiger partial charge in [0.05, 0.1) is 25.0 Å². The van der Waals surface area contributed by atoms with Gasteiger partial charge in [-0.25, -0.2) is 0 Å². The number of ether oxygens (including phenoxy) is 2. The van der Waals surface area contributed by atoms with Gasteiger partial charge in [-0.3, -0.25) is 4.55 Å². The second kappa shape index (κ2) is 15.8. The third kappa shape index (κ3) is 9.54. The second-order valence-corrected chi connectivity index (χ2v) is 14.8. The van der Waals surface area contributed by atoms with Crippen molar-refractivity contribution >= 4 is 23.3 Å². The summed E-state index contributed by atoms with van der Waals surface area (Å²) in [6.07, 6.45) is 16.9. The molecule has 4 rings (SSSR count). The molecule has 212 valence electrons. The molecule has 0 radical (unpaired) electrons. The first-order valence-corrected chi connectivity index (χ1v) is 17.8. The van der Waals surface area contributed by atoms with Crippen LogP contribution < -0.4 is 14.8 Å². The Morgan fingerprint density at radius 3 is 1.66 bits per heavy atom. The molecule has 0 amide bonds. The van der Waals surface area contributed by atoms with E-state index in [0.717, 1.165) is 48.9 Å². The zero-order valence-electron chi connectivity index (χ0n) is 23.5. The van der Waals surface area contributed by atoms with Crippen LogP contribution in [0.25, 0.3) is 11.1 Å². The molecule has 0 aliphatic heterocycles. The number of rotatable bonds is 10. The van der Waals surface area contributed by atoms with Gasteiger partial charge in [0.25, 0.3) is 10.1 Å². The maximum atomic E-state index is 9.19. The van der Waals surface area contributed by atoms with Crippen LogP contribution >= 0.6 is 7.92 Å². The minimum atomic E-state index is -3.67. The molecule has 0 unspecified atom stereocenters. The Morgan fingerprint density at radius 1 is 0.763 bits per heavy atom. The molecule has 2 aliphatic rings. The third-order valence-electron chi connectivity index (χ3n) is 7.30. The van der Waals surface area contributed by atoms with Crippen LogP contribution in [0.1, 0.15) is 90.9 Å². The monoisotopic (exact) mass is 562 g/mol. The highest BCUT2D eigenvalue weighted by molar-refractivity contribution is 7.85. The largest absolute Gasteiger partial charge is 0.493 e. The summed E-state index contributed by atoms with van der Waals surface area (Å²) in [6, 6.07) is 15.7. The van der Waals surface area contributed by atoms with Crippen molar-refractivity contribution in [2.24, 2.45) is 0 Å². The minimum Gasteiger partial charge on any atom is -0.493 e. The van der Waals surface area contributed by atoms with Gasteiger partial charge in [0, 0.05) is 0 Å². The van der Waals surface area contributed by atoms with Gasteiger partial charge in [-0.2, -0.15) is 8.42 Å². The molecule has 0 bridgehead atoms. The topological polar surface area (TPSA) is 72.8 Å². The predicted molar refractivity (Wildman–Crippen MR) is 161 cm³/mol. The Labute approximate surface area is 232 Å². The van der Waals surface area contributed by atoms with E-state index in [1.54, 1.807) is 5.30 Å². The van der Waals surface area contributed by atoms with Crippen molar-refractivity contribution in [3.05, 3.63) is 42.5 Å². The Bertz CT molecular complexity index is 1020. The molecule has 0 saturated heterocycles. The molecule has 2 aromatic rings. The van der Waals surface area contributed by atoms with E-state index in [2.05, 4.69) is 56.3 Å². The van der Waals surface area contributed by atoms with Crippen molar-refractivity contribution in [2.45, 2.75) is 102 Å². The van der Waals surface area contributed by atoms with E-state index in [1.165, 1.54) is 75.3 Å². The van der Waals surface area contributed by atoms with Gasteiger partial charge >= 0.3 is 0 Å². The highest BCUT2D eigenvalue weighted by atomic mass is 32.2. The van der Waals surface area contributed by atoms with E-state index >= 15 is 0 Å². The summed E-state index contributed by atoms with van der Waals surface area (Å²) in [4.78, 5) is 0. The zero-order chi connectivity index (χ0) is 27.4. The number of hydrogen-bond donors (Lipinski definition) is 1. The molecule has 38 heavy (non-hydrogen) atoms. The van der Waals surface area contributed by atoms with Gasteiger partial charge in [0.1, 0.15) is 11.5 Å². The van der Waals surface area contributed by atoms with E-state index in [1.807, 2.05) is 0 Å². The summed E-state index contributed by atoms with van der Waals surface area (Å²) in [6.45, 7) is 5.84. The fourth-order valence-electron chi connectivity index (χ4n) is 5.76. The van der Waals surface area contributed by atoms with Crippen LogP contribution in [0.5, 0.6) is 11.5 Å². The van der Waals surface area contributed by atoms with E-state index in [9.17, 15) is 8.42 Å². The van der Waals surface area contributed by atoms with E-state index in [-0.39, 0.29) is 7.92 Å². The maximum absolute atomic E-state index is 9.19. The Kier molecular flexibility index (Phi) is 12.9. The van der Waals surface area contributed by atoms with Crippen molar-refractivity contribution in [2.75, 3.05) is 19.5 Å². The predicted octanol–water partition coefficient (Wildman–Crippen LogP) is 8.21. The summed E-state index contributed by atoms with van der Waals surface area (Å²) >= 11 is 0. The van der Waals surface area contributed by atoms with Crippen LogP contribution in [0.15, 0.2) is 42.5 Å². The molecule has 0 atom stereocenters. The van der Waals surface area contributed by atoms with Crippen LogP contribution in [0.2, 0.25) is 0 Å². The molecule has 0 spiro atoms. The van der Waals surface area contributed by atoms with Crippen LogP contribution in [0.3, 0.4) is 0 Å². The molecule has 2 aromatic carbocycles. The van der Waals surface area contributed by atoms with Gasteiger partial charge in [-0.1, -0.05) is 90.6 Å². The molecule has 0 heterocycles. The summed E-state index contributed by atoms with van der Waals surface area (Å²) < 4.78 is 38.5. The summed E-state index contributed by atoms with van der Waals surface area (Å²) in [7, 11) is -3.86.